The van der Waals surface area contributed by atoms with Gasteiger partial charge in [0.05, 0.1) is 13.2 Å². The minimum Gasteiger partial charge on any atom is -0.497 e. The highest BCUT2D eigenvalue weighted by atomic mass is 16.5. The van der Waals surface area contributed by atoms with Crippen LogP contribution in [0.5, 0.6) is 5.75 Å². The van der Waals surface area contributed by atoms with Crippen molar-refractivity contribution < 1.29 is 14.3 Å². The number of amides is 1. The van der Waals surface area contributed by atoms with Crippen LogP contribution in [0.15, 0.2) is 48.5 Å². The quantitative estimate of drug-likeness (QED) is 0.609. The van der Waals surface area contributed by atoms with Crippen LogP contribution in [0.3, 0.4) is 0 Å². The molecule has 4 rings (SSSR count). The summed E-state index contributed by atoms with van der Waals surface area (Å²) in [5.41, 5.74) is 3.47. The van der Waals surface area contributed by atoms with Crippen LogP contribution >= 0.6 is 0 Å². The zero-order valence-electron chi connectivity index (χ0n) is 19.5. The predicted octanol–water partition coefficient (Wildman–Crippen LogP) is 4.54. The summed E-state index contributed by atoms with van der Waals surface area (Å²) in [6, 6.07) is 16.2. The van der Waals surface area contributed by atoms with E-state index in [2.05, 4.69) is 36.1 Å². The van der Waals surface area contributed by atoms with Crippen molar-refractivity contribution in [2.75, 3.05) is 39.9 Å². The number of nitrogens with zero attached hydrogens (tertiary/aromatic N) is 2. The third-order valence-electron chi connectivity index (χ3n) is 6.89. The Hall–Kier alpha value is -2.37. The highest BCUT2D eigenvalue weighted by Gasteiger charge is 2.28. The molecule has 5 heteroatoms. The average molecular weight is 437 g/mol. The number of carbonyl (C=O) groups is 1. The number of hydrogen-bond donors (Lipinski definition) is 0. The van der Waals surface area contributed by atoms with E-state index in [0.29, 0.717) is 18.0 Å². The summed E-state index contributed by atoms with van der Waals surface area (Å²) in [6.45, 7) is 7.66. The summed E-state index contributed by atoms with van der Waals surface area (Å²) in [6.07, 6.45) is 4.53. The SMILES string of the molecule is COc1cccc(C(=O)N(CC2CCN(Cc3ccccc3C)CC2)C[C@H]2CCCO2)c1. The zero-order chi connectivity index (χ0) is 22.3. The van der Waals surface area contributed by atoms with Gasteiger partial charge in [0, 0.05) is 31.8 Å². The Morgan fingerprint density at radius 3 is 2.62 bits per heavy atom. The van der Waals surface area contributed by atoms with Crippen LogP contribution in [0.1, 0.15) is 47.2 Å². The van der Waals surface area contributed by atoms with Crippen molar-refractivity contribution >= 4 is 5.91 Å². The smallest absolute Gasteiger partial charge is 0.254 e. The summed E-state index contributed by atoms with van der Waals surface area (Å²) < 4.78 is 11.2. The molecule has 2 aromatic carbocycles. The molecule has 0 aliphatic carbocycles. The molecule has 2 aliphatic heterocycles. The molecule has 2 saturated heterocycles. The molecule has 0 spiro atoms. The van der Waals surface area contributed by atoms with E-state index in [1.54, 1.807) is 7.11 Å². The summed E-state index contributed by atoms with van der Waals surface area (Å²) >= 11 is 0. The van der Waals surface area contributed by atoms with Crippen LogP contribution < -0.4 is 4.74 Å². The van der Waals surface area contributed by atoms with Gasteiger partial charge in [0.1, 0.15) is 5.75 Å². The molecule has 0 radical (unpaired) electrons. The van der Waals surface area contributed by atoms with Crippen LogP contribution in [-0.2, 0) is 11.3 Å². The minimum atomic E-state index is 0.0849. The number of carbonyl (C=O) groups excluding carboxylic acids is 1. The minimum absolute atomic E-state index is 0.0849. The lowest BCUT2D eigenvalue weighted by Crippen LogP contribution is -2.43. The number of benzene rings is 2. The number of methoxy groups -OCH3 is 1. The molecule has 0 N–H and O–H groups in total. The monoisotopic (exact) mass is 436 g/mol. The Morgan fingerprint density at radius 1 is 1.09 bits per heavy atom. The van der Waals surface area contributed by atoms with Crippen molar-refractivity contribution in [3.8, 4) is 5.75 Å². The molecule has 32 heavy (non-hydrogen) atoms. The van der Waals surface area contributed by atoms with Crippen molar-refractivity contribution in [1.29, 1.82) is 0 Å². The lowest BCUT2D eigenvalue weighted by atomic mass is 9.95. The molecule has 0 bridgehead atoms. The Morgan fingerprint density at radius 2 is 1.91 bits per heavy atom. The second-order valence-electron chi connectivity index (χ2n) is 9.22. The van der Waals surface area contributed by atoms with Crippen LogP contribution in [0.2, 0.25) is 0 Å². The van der Waals surface area contributed by atoms with E-state index in [4.69, 9.17) is 9.47 Å². The van der Waals surface area contributed by atoms with Gasteiger partial charge < -0.3 is 14.4 Å². The van der Waals surface area contributed by atoms with Gasteiger partial charge in [0.2, 0.25) is 0 Å². The third-order valence-corrected chi connectivity index (χ3v) is 6.89. The molecular weight excluding hydrogens is 400 g/mol. The van der Waals surface area contributed by atoms with Gasteiger partial charge in [-0.2, -0.15) is 0 Å². The number of piperidine rings is 1. The van der Waals surface area contributed by atoms with Crippen molar-refractivity contribution in [2.24, 2.45) is 5.92 Å². The second kappa shape index (κ2) is 11.0. The molecule has 2 aliphatic rings. The van der Waals surface area contributed by atoms with Crippen molar-refractivity contribution in [3.05, 3.63) is 65.2 Å². The topological polar surface area (TPSA) is 42.0 Å². The molecule has 172 valence electrons. The first-order valence-electron chi connectivity index (χ1n) is 11.9. The number of hydrogen-bond acceptors (Lipinski definition) is 4. The highest BCUT2D eigenvalue weighted by molar-refractivity contribution is 5.94. The first-order valence-corrected chi connectivity index (χ1v) is 11.9. The Bertz CT molecular complexity index is 886. The first-order chi connectivity index (χ1) is 15.6. The maximum Gasteiger partial charge on any atom is 0.254 e. The van der Waals surface area contributed by atoms with E-state index in [0.717, 1.165) is 64.2 Å². The molecule has 5 nitrogen and oxygen atoms in total. The van der Waals surface area contributed by atoms with Crippen LogP contribution in [-0.4, -0.2) is 61.7 Å². The van der Waals surface area contributed by atoms with E-state index in [1.165, 1.54) is 11.1 Å². The van der Waals surface area contributed by atoms with E-state index in [-0.39, 0.29) is 12.0 Å². The van der Waals surface area contributed by atoms with E-state index < -0.39 is 0 Å². The van der Waals surface area contributed by atoms with Gasteiger partial charge in [0.15, 0.2) is 0 Å². The van der Waals surface area contributed by atoms with Crippen LogP contribution in [0.25, 0.3) is 0 Å². The predicted molar refractivity (Wildman–Crippen MR) is 127 cm³/mol. The maximum atomic E-state index is 13.4. The van der Waals surface area contributed by atoms with Gasteiger partial charge in [-0.05, 0) is 80.9 Å². The number of ether oxygens (including phenoxy) is 2. The summed E-state index contributed by atoms with van der Waals surface area (Å²) in [5.74, 6) is 1.33. The molecule has 0 unspecified atom stereocenters. The average Bonchev–Trinajstić information content (AvgIpc) is 3.34. The maximum absolute atomic E-state index is 13.4. The highest BCUT2D eigenvalue weighted by Crippen LogP contribution is 2.24. The van der Waals surface area contributed by atoms with Gasteiger partial charge in [-0.25, -0.2) is 0 Å². The van der Waals surface area contributed by atoms with Crippen molar-refractivity contribution in [1.82, 2.24) is 9.80 Å². The largest absolute Gasteiger partial charge is 0.497 e. The molecule has 2 fully saturated rings. The molecule has 1 atom stereocenters. The summed E-state index contributed by atoms with van der Waals surface area (Å²) in [5, 5.41) is 0. The van der Waals surface area contributed by atoms with Crippen LogP contribution in [0, 0.1) is 12.8 Å². The Kier molecular flexibility index (Phi) is 7.82. The van der Waals surface area contributed by atoms with Crippen LogP contribution in [0.4, 0.5) is 0 Å². The fourth-order valence-electron chi connectivity index (χ4n) is 4.88. The van der Waals surface area contributed by atoms with E-state index in [1.807, 2.05) is 29.2 Å². The first kappa shape index (κ1) is 22.8. The number of rotatable bonds is 8. The van der Waals surface area contributed by atoms with Gasteiger partial charge in [-0.15, -0.1) is 0 Å². The van der Waals surface area contributed by atoms with Crippen molar-refractivity contribution in [2.45, 2.75) is 45.3 Å². The molecule has 0 aromatic heterocycles. The standard InChI is InChI=1S/C27H36N2O3/c1-21-7-3-4-8-24(21)19-28-14-12-22(13-15-28)18-29(20-26-11-6-16-32-26)27(30)23-9-5-10-25(17-23)31-2/h3-5,7-10,17,22,26H,6,11-16,18-20H2,1-2H3/t26-/m1/s1. The van der Waals surface area contributed by atoms with E-state index in [9.17, 15) is 4.79 Å². The van der Waals surface area contributed by atoms with Gasteiger partial charge in [0.25, 0.3) is 5.91 Å². The molecule has 1 amide bonds. The lowest BCUT2D eigenvalue weighted by Gasteiger charge is -2.36. The van der Waals surface area contributed by atoms with Gasteiger partial charge in [-0.1, -0.05) is 30.3 Å². The van der Waals surface area contributed by atoms with Gasteiger partial charge >= 0.3 is 0 Å². The molecular formula is C27H36N2O3. The fourth-order valence-corrected chi connectivity index (χ4v) is 4.88. The normalized spacial score (nSPS) is 19.8. The zero-order valence-corrected chi connectivity index (χ0v) is 19.5. The number of aryl methyl sites for hydroxylation is 1. The lowest BCUT2D eigenvalue weighted by molar-refractivity contribution is 0.0444. The Labute approximate surface area is 192 Å². The number of likely N-dealkylation sites (tertiary alicyclic amines) is 1. The van der Waals surface area contributed by atoms with Crippen molar-refractivity contribution in [3.63, 3.8) is 0 Å². The molecule has 0 saturated carbocycles. The summed E-state index contributed by atoms with van der Waals surface area (Å²) in [7, 11) is 1.64. The second-order valence-corrected chi connectivity index (χ2v) is 9.22. The van der Waals surface area contributed by atoms with E-state index >= 15 is 0 Å². The van der Waals surface area contributed by atoms with Gasteiger partial charge in [-0.3, -0.25) is 9.69 Å². The molecule has 2 aromatic rings. The Balaban J connectivity index is 1.37. The third kappa shape index (κ3) is 5.90. The summed E-state index contributed by atoms with van der Waals surface area (Å²) in [4.78, 5) is 18.0. The molecule has 2 heterocycles. The fraction of sp³-hybridized carbons (Fsp3) is 0.519.